The molecule has 0 spiro atoms. The average Bonchev–Trinajstić information content (AvgIpc) is 2.38. The first-order chi connectivity index (χ1) is 8.65. The zero-order chi connectivity index (χ0) is 13.4. The molecule has 4 heteroatoms. The van der Waals surface area contributed by atoms with Crippen LogP contribution in [0.1, 0.15) is 32.6 Å². The number of rotatable bonds is 6. The number of benzene rings is 1. The van der Waals surface area contributed by atoms with E-state index in [4.69, 9.17) is 16.3 Å². The number of unbranched alkanes of at least 4 members (excludes halogenated alkanes) is 3. The second-order valence-electron chi connectivity index (χ2n) is 4.21. The van der Waals surface area contributed by atoms with E-state index in [2.05, 4.69) is 6.92 Å². The van der Waals surface area contributed by atoms with Crippen LogP contribution in [0.3, 0.4) is 0 Å². The number of hydrogen-bond acceptors (Lipinski definition) is 2. The van der Waals surface area contributed by atoms with Crippen molar-refractivity contribution in [2.24, 2.45) is 0 Å². The number of nitrogens with zero attached hydrogens (tertiary/aromatic N) is 1. The molecule has 0 bridgehead atoms. The minimum absolute atomic E-state index is 0.325. The molecule has 0 saturated carbocycles. The van der Waals surface area contributed by atoms with E-state index in [1.807, 2.05) is 0 Å². The van der Waals surface area contributed by atoms with Crippen molar-refractivity contribution in [2.45, 2.75) is 32.6 Å². The zero-order valence-corrected chi connectivity index (χ0v) is 11.7. The van der Waals surface area contributed by atoms with Gasteiger partial charge in [-0.25, -0.2) is 4.79 Å². The van der Waals surface area contributed by atoms with Crippen molar-refractivity contribution in [3.05, 3.63) is 29.3 Å². The fourth-order valence-corrected chi connectivity index (χ4v) is 1.68. The van der Waals surface area contributed by atoms with Gasteiger partial charge in [-0.05, 0) is 30.7 Å². The third-order valence-electron chi connectivity index (χ3n) is 2.71. The van der Waals surface area contributed by atoms with Gasteiger partial charge in [0.15, 0.2) is 0 Å². The van der Waals surface area contributed by atoms with Crippen LogP contribution in [0.4, 0.5) is 10.5 Å². The van der Waals surface area contributed by atoms with Crippen LogP contribution in [0.25, 0.3) is 0 Å². The van der Waals surface area contributed by atoms with Gasteiger partial charge in [0.1, 0.15) is 0 Å². The highest BCUT2D eigenvalue weighted by Gasteiger charge is 2.11. The van der Waals surface area contributed by atoms with Crippen LogP contribution < -0.4 is 4.90 Å². The molecule has 0 heterocycles. The number of amides is 1. The Balaban J connectivity index is 2.34. The van der Waals surface area contributed by atoms with Crippen LogP contribution in [-0.2, 0) is 4.74 Å². The maximum atomic E-state index is 11.7. The lowest BCUT2D eigenvalue weighted by atomic mass is 10.2. The van der Waals surface area contributed by atoms with Crippen LogP contribution in [-0.4, -0.2) is 19.7 Å². The first-order valence-electron chi connectivity index (χ1n) is 6.31. The topological polar surface area (TPSA) is 29.5 Å². The Morgan fingerprint density at radius 2 is 1.89 bits per heavy atom. The number of anilines is 1. The van der Waals surface area contributed by atoms with Crippen LogP contribution >= 0.6 is 11.6 Å². The molecule has 1 aromatic rings. The van der Waals surface area contributed by atoms with Gasteiger partial charge in [0.25, 0.3) is 0 Å². The summed E-state index contributed by atoms with van der Waals surface area (Å²) in [4.78, 5) is 13.2. The van der Waals surface area contributed by atoms with Crippen molar-refractivity contribution in [2.75, 3.05) is 18.6 Å². The second kappa shape index (κ2) is 7.98. The summed E-state index contributed by atoms with van der Waals surface area (Å²) in [6.07, 6.45) is 4.07. The Morgan fingerprint density at radius 1 is 1.22 bits per heavy atom. The molecule has 0 unspecified atom stereocenters. The van der Waals surface area contributed by atoms with Gasteiger partial charge in [-0.1, -0.05) is 37.8 Å². The molecule has 0 aromatic heterocycles. The molecular weight excluding hydrogens is 250 g/mol. The van der Waals surface area contributed by atoms with E-state index < -0.39 is 0 Å². The van der Waals surface area contributed by atoms with Gasteiger partial charge in [0.05, 0.1) is 6.61 Å². The maximum absolute atomic E-state index is 11.7. The Kier molecular flexibility index (Phi) is 6.58. The molecule has 3 nitrogen and oxygen atoms in total. The SMILES string of the molecule is CCCCCCOC(=O)N(C)c1ccc(Cl)cc1. The summed E-state index contributed by atoms with van der Waals surface area (Å²) in [6.45, 7) is 2.64. The van der Waals surface area contributed by atoms with Crippen LogP contribution in [0.15, 0.2) is 24.3 Å². The first-order valence-corrected chi connectivity index (χ1v) is 6.69. The van der Waals surface area contributed by atoms with Gasteiger partial charge in [-0.3, -0.25) is 4.90 Å². The molecule has 0 aliphatic rings. The van der Waals surface area contributed by atoms with Crippen molar-refractivity contribution in [3.8, 4) is 0 Å². The van der Waals surface area contributed by atoms with Gasteiger partial charge >= 0.3 is 6.09 Å². The smallest absolute Gasteiger partial charge is 0.414 e. The second-order valence-corrected chi connectivity index (χ2v) is 4.65. The summed E-state index contributed by atoms with van der Waals surface area (Å²) in [7, 11) is 1.69. The van der Waals surface area contributed by atoms with Crippen molar-refractivity contribution in [3.63, 3.8) is 0 Å². The van der Waals surface area contributed by atoms with Gasteiger partial charge in [0.2, 0.25) is 0 Å². The van der Waals surface area contributed by atoms with Crippen LogP contribution in [0.2, 0.25) is 5.02 Å². The molecule has 0 aliphatic carbocycles. The molecule has 18 heavy (non-hydrogen) atoms. The molecule has 0 atom stereocenters. The third-order valence-corrected chi connectivity index (χ3v) is 2.96. The summed E-state index contributed by atoms with van der Waals surface area (Å²) >= 11 is 5.79. The van der Waals surface area contributed by atoms with Crippen molar-refractivity contribution in [1.82, 2.24) is 0 Å². The van der Waals surface area contributed by atoms with E-state index >= 15 is 0 Å². The van der Waals surface area contributed by atoms with E-state index in [-0.39, 0.29) is 6.09 Å². The number of carbonyl (C=O) groups excluding carboxylic acids is 1. The highest BCUT2D eigenvalue weighted by molar-refractivity contribution is 6.30. The van der Waals surface area contributed by atoms with E-state index in [0.29, 0.717) is 11.6 Å². The van der Waals surface area contributed by atoms with E-state index in [1.165, 1.54) is 17.7 Å². The summed E-state index contributed by atoms with van der Waals surface area (Å²) in [6, 6.07) is 7.09. The highest BCUT2D eigenvalue weighted by Crippen LogP contribution is 2.17. The zero-order valence-electron chi connectivity index (χ0n) is 11.0. The summed E-state index contributed by atoms with van der Waals surface area (Å²) in [5, 5.41) is 0.653. The summed E-state index contributed by atoms with van der Waals surface area (Å²) in [5.74, 6) is 0. The molecule has 0 fully saturated rings. The highest BCUT2D eigenvalue weighted by atomic mass is 35.5. The Bertz CT molecular complexity index is 365. The fraction of sp³-hybridized carbons (Fsp3) is 0.500. The number of ether oxygens (including phenoxy) is 1. The monoisotopic (exact) mass is 269 g/mol. The van der Waals surface area contributed by atoms with Gasteiger partial charge in [-0.2, -0.15) is 0 Å². The van der Waals surface area contributed by atoms with Gasteiger partial charge in [-0.15, -0.1) is 0 Å². The summed E-state index contributed by atoms with van der Waals surface area (Å²) in [5.41, 5.74) is 0.776. The van der Waals surface area contributed by atoms with E-state index in [0.717, 1.165) is 18.5 Å². The fourth-order valence-electron chi connectivity index (χ4n) is 1.56. The molecule has 0 radical (unpaired) electrons. The van der Waals surface area contributed by atoms with Crippen LogP contribution in [0.5, 0.6) is 0 Å². The minimum Gasteiger partial charge on any atom is -0.449 e. The quantitative estimate of drug-likeness (QED) is 0.712. The lowest BCUT2D eigenvalue weighted by molar-refractivity contribution is 0.152. The largest absolute Gasteiger partial charge is 0.449 e. The first kappa shape index (κ1) is 14.8. The lowest BCUT2D eigenvalue weighted by Crippen LogP contribution is -2.27. The van der Waals surface area contributed by atoms with Crippen molar-refractivity contribution in [1.29, 1.82) is 0 Å². The third kappa shape index (κ3) is 4.96. The molecule has 100 valence electrons. The standard InChI is InChI=1S/C14H20ClNO2/c1-3-4-5-6-11-18-14(17)16(2)13-9-7-12(15)8-10-13/h7-10H,3-6,11H2,1-2H3. The molecule has 0 aliphatic heterocycles. The number of halogens is 1. The Labute approximate surface area is 114 Å². The molecule has 1 amide bonds. The average molecular weight is 270 g/mol. The summed E-state index contributed by atoms with van der Waals surface area (Å²) < 4.78 is 5.19. The van der Waals surface area contributed by atoms with E-state index in [9.17, 15) is 4.79 Å². The Hall–Kier alpha value is -1.22. The molecule has 1 aromatic carbocycles. The molecule has 1 rings (SSSR count). The predicted molar refractivity (Wildman–Crippen MR) is 75.3 cm³/mol. The van der Waals surface area contributed by atoms with Crippen molar-refractivity contribution < 1.29 is 9.53 Å². The normalized spacial score (nSPS) is 10.2. The molecule has 0 saturated heterocycles. The van der Waals surface area contributed by atoms with Crippen molar-refractivity contribution >= 4 is 23.4 Å². The van der Waals surface area contributed by atoms with Crippen LogP contribution in [0, 0.1) is 0 Å². The maximum Gasteiger partial charge on any atom is 0.414 e. The van der Waals surface area contributed by atoms with Gasteiger partial charge < -0.3 is 4.74 Å². The minimum atomic E-state index is -0.325. The number of carbonyl (C=O) groups is 1. The molecule has 0 N–H and O–H groups in total. The molecular formula is C14H20ClNO2. The predicted octanol–water partition coefficient (Wildman–Crippen LogP) is 4.49. The lowest BCUT2D eigenvalue weighted by Gasteiger charge is -2.17. The van der Waals surface area contributed by atoms with E-state index in [1.54, 1.807) is 31.3 Å². The number of hydrogen-bond donors (Lipinski definition) is 0. The van der Waals surface area contributed by atoms with Gasteiger partial charge in [0, 0.05) is 17.8 Å². The Morgan fingerprint density at radius 3 is 2.50 bits per heavy atom.